The Morgan fingerprint density at radius 2 is 1.66 bits per heavy atom. The number of anilines is 2. The molecule has 0 bridgehead atoms. The third kappa shape index (κ3) is 4.40. The van der Waals surface area contributed by atoms with E-state index in [4.69, 9.17) is 9.47 Å². The number of aromatic nitrogens is 4. The molecule has 182 valence electrons. The van der Waals surface area contributed by atoms with Crippen molar-refractivity contribution in [3.8, 4) is 34.6 Å². The number of nitrogens with zero attached hydrogens (tertiary/aromatic N) is 5. The van der Waals surface area contributed by atoms with Crippen molar-refractivity contribution >= 4 is 33.3 Å². The lowest BCUT2D eigenvalue weighted by atomic mass is 10.0. The summed E-state index contributed by atoms with van der Waals surface area (Å²) in [4.78, 5) is 8.79. The summed E-state index contributed by atoms with van der Waals surface area (Å²) in [5.41, 5.74) is 4.32. The zero-order chi connectivity index (χ0) is 25.9. The second kappa shape index (κ2) is 9.84. The van der Waals surface area contributed by atoms with E-state index in [0.29, 0.717) is 39.7 Å². The molecule has 0 fully saturated rings. The summed E-state index contributed by atoms with van der Waals surface area (Å²) in [7, 11) is 1.59. The van der Waals surface area contributed by atoms with Gasteiger partial charge in [0.2, 0.25) is 0 Å². The number of fused-ring (bicyclic) bond motifs is 2. The maximum Gasteiger partial charge on any atom is 0.161 e. The number of hydrogen-bond acceptors (Lipinski definition) is 8. The number of nitriles is 1. The van der Waals surface area contributed by atoms with Crippen LogP contribution in [0.15, 0.2) is 97.3 Å². The molecule has 3 aromatic carbocycles. The normalized spacial score (nSPS) is 10.7. The van der Waals surface area contributed by atoms with Gasteiger partial charge in [-0.05, 0) is 36.4 Å². The predicted molar refractivity (Wildman–Crippen MR) is 146 cm³/mol. The van der Waals surface area contributed by atoms with E-state index < -0.39 is 0 Å². The van der Waals surface area contributed by atoms with Gasteiger partial charge in [0.25, 0.3) is 0 Å². The molecule has 6 aromatic rings. The highest BCUT2D eigenvalue weighted by Gasteiger charge is 2.12. The summed E-state index contributed by atoms with van der Waals surface area (Å²) in [5, 5.41) is 23.5. The molecule has 8 heteroatoms. The second-order valence-corrected chi connectivity index (χ2v) is 8.44. The van der Waals surface area contributed by atoms with Crippen molar-refractivity contribution in [3.63, 3.8) is 0 Å². The zero-order valence-electron chi connectivity index (χ0n) is 20.3. The summed E-state index contributed by atoms with van der Waals surface area (Å²) in [6, 6.07) is 28.6. The van der Waals surface area contributed by atoms with Crippen LogP contribution in [0.25, 0.3) is 33.1 Å². The van der Waals surface area contributed by atoms with Crippen LogP contribution in [0.3, 0.4) is 0 Å². The van der Waals surface area contributed by atoms with Gasteiger partial charge in [-0.1, -0.05) is 36.4 Å². The fraction of sp³-hybridized carbons (Fsp3) is 0.0333. The van der Waals surface area contributed by atoms with Crippen molar-refractivity contribution < 1.29 is 9.47 Å². The van der Waals surface area contributed by atoms with E-state index in [-0.39, 0.29) is 0 Å². The molecule has 0 atom stereocenters. The van der Waals surface area contributed by atoms with Gasteiger partial charge in [0.05, 0.1) is 30.5 Å². The van der Waals surface area contributed by atoms with E-state index in [1.807, 2.05) is 72.8 Å². The minimum atomic E-state index is 0.577. The third-order valence-electron chi connectivity index (χ3n) is 6.05. The van der Waals surface area contributed by atoms with Gasteiger partial charge in [0, 0.05) is 40.4 Å². The van der Waals surface area contributed by atoms with Crippen molar-refractivity contribution in [2.24, 2.45) is 0 Å². The van der Waals surface area contributed by atoms with Crippen LogP contribution in [0.4, 0.5) is 11.5 Å². The SMILES string of the molecule is COc1cnc2c(Oc3ccc(Nc4nnc(-c5cccc(C#N)c5)c5ccccc45)cc3)ccnc2c1. The van der Waals surface area contributed by atoms with E-state index in [0.717, 1.165) is 27.7 Å². The molecule has 0 radical (unpaired) electrons. The predicted octanol–water partition coefficient (Wildman–Crippen LogP) is 6.66. The van der Waals surface area contributed by atoms with Crippen molar-refractivity contribution in [1.82, 2.24) is 20.2 Å². The Bertz CT molecular complexity index is 1830. The van der Waals surface area contributed by atoms with Crippen LogP contribution < -0.4 is 14.8 Å². The summed E-state index contributed by atoms with van der Waals surface area (Å²) >= 11 is 0. The minimum Gasteiger partial charge on any atom is -0.495 e. The molecule has 0 saturated heterocycles. The first-order chi connectivity index (χ1) is 18.7. The van der Waals surface area contributed by atoms with Crippen LogP contribution in [-0.4, -0.2) is 27.3 Å². The highest BCUT2D eigenvalue weighted by molar-refractivity contribution is 6.01. The quantitative estimate of drug-likeness (QED) is 0.273. The van der Waals surface area contributed by atoms with Crippen LogP contribution in [0, 0.1) is 11.3 Å². The largest absolute Gasteiger partial charge is 0.495 e. The number of methoxy groups -OCH3 is 1. The number of nitrogens with one attached hydrogen (secondary N) is 1. The topological polar surface area (TPSA) is 106 Å². The summed E-state index contributed by atoms with van der Waals surface area (Å²) in [6.45, 7) is 0. The molecule has 0 spiro atoms. The van der Waals surface area contributed by atoms with Gasteiger partial charge in [-0.25, -0.2) is 4.98 Å². The minimum absolute atomic E-state index is 0.577. The average molecular weight is 497 g/mol. The third-order valence-corrected chi connectivity index (χ3v) is 6.05. The lowest BCUT2D eigenvalue weighted by Crippen LogP contribution is -1.99. The fourth-order valence-electron chi connectivity index (χ4n) is 4.20. The summed E-state index contributed by atoms with van der Waals surface area (Å²) in [5.74, 6) is 2.53. The zero-order valence-corrected chi connectivity index (χ0v) is 20.3. The standard InChI is InChI=1S/C30H20N6O2/c1-37-23-16-26-29(33-18-23)27(13-14-32-26)38-22-11-9-21(10-12-22)34-30-25-8-3-2-7-24(25)28(35-36-30)20-6-4-5-19(15-20)17-31/h2-16,18H,1H3,(H,34,36). The van der Waals surface area contributed by atoms with Gasteiger partial charge in [0.1, 0.15) is 22.7 Å². The Labute approximate surface area is 218 Å². The Hall–Kier alpha value is -5.55. The number of benzene rings is 3. The first-order valence-electron chi connectivity index (χ1n) is 11.8. The highest BCUT2D eigenvalue weighted by atomic mass is 16.5. The van der Waals surface area contributed by atoms with Crippen molar-refractivity contribution in [2.45, 2.75) is 0 Å². The first-order valence-corrected chi connectivity index (χ1v) is 11.8. The molecule has 0 aliphatic carbocycles. The van der Waals surface area contributed by atoms with Crippen LogP contribution >= 0.6 is 0 Å². The number of ether oxygens (including phenoxy) is 2. The second-order valence-electron chi connectivity index (χ2n) is 8.44. The molecule has 1 N–H and O–H groups in total. The van der Waals surface area contributed by atoms with Gasteiger partial charge in [-0.2, -0.15) is 5.26 Å². The smallest absolute Gasteiger partial charge is 0.161 e. The van der Waals surface area contributed by atoms with E-state index >= 15 is 0 Å². The monoisotopic (exact) mass is 496 g/mol. The number of rotatable bonds is 6. The molecule has 0 aliphatic heterocycles. The van der Waals surface area contributed by atoms with E-state index in [2.05, 4.69) is 31.6 Å². The van der Waals surface area contributed by atoms with Gasteiger partial charge in [0.15, 0.2) is 11.6 Å². The van der Waals surface area contributed by atoms with E-state index in [9.17, 15) is 5.26 Å². The molecular weight excluding hydrogens is 476 g/mol. The first kappa shape index (κ1) is 22.9. The van der Waals surface area contributed by atoms with Crippen LogP contribution in [0.5, 0.6) is 17.2 Å². The van der Waals surface area contributed by atoms with Crippen molar-refractivity contribution in [1.29, 1.82) is 5.26 Å². The van der Waals surface area contributed by atoms with Gasteiger partial charge in [-0.3, -0.25) is 4.98 Å². The Morgan fingerprint density at radius 3 is 2.47 bits per heavy atom. The van der Waals surface area contributed by atoms with Crippen molar-refractivity contribution in [3.05, 3.63) is 103 Å². The molecule has 0 amide bonds. The lowest BCUT2D eigenvalue weighted by molar-refractivity contribution is 0.413. The molecular formula is C30H20N6O2. The Morgan fingerprint density at radius 1 is 0.816 bits per heavy atom. The lowest BCUT2D eigenvalue weighted by Gasteiger charge is -2.12. The maximum absolute atomic E-state index is 9.28. The number of hydrogen-bond donors (Lipinski definition) is 1. The van der Waals surface area contributed by atoms with Crippen LogP contribution in [-0.2, 0) is 0 Å². The maximum atomic E-state index is 9.28. The highest BCUT2D eigenvalue weighted by Crippen LogP contribution is 2.33. The summed E-state index contributed by atoms with van der Waals surface area (Å²) in [6.07, 6.45) is 3.32. The molecule has 8 nitrogen and oxygen atoms in total. The molecule has 0 unspecified atom stereocenters. The summed E-state index contributed by atoms with van der Waals surface area (Å²) < 4.78 is 11.3. The fourth-order valence-corrected chi connectivity index (χ4v) is 4.20. The molecule has 0 aliphatic rings. The van der Waals surface area contributed by atoms with E-state index in [1.165, 1.54) is 0 Å². The number of pyridine rings is 2. The Kier molecular flexibility index (Phi) is 5.92. The van der Waals surface area contributed by atoms with Crippen LogP contribution in [0.1, 0.15) is 5.56 Å². The van der Waals surface area contributed by atoms with Crippen molar-refractivity contribution in [2.75, 3.05) is 12.4 Å². The molecule has 38 heavy (non-hydrogen) atoms. The van der Waals surface area contributed by atoms with Crippen LogP contribution in [0.2, 0.25) is 0 Å². The Balaban J connectivity index is 1.27. The van der Waals surface area contributed by atoms with Gasteiger partial charge < -0.3 is 14.8 Å². The van der Waals surface area contributed by atoms with Gasteiger partial charge >= 0.3 is 0 Å². The average Bonchev–Trinajstić information content (AvgIpc) is 2.98. The van der Waals surface area contributed by atoms with E-state index in [1.54, 1.807) is 31.6 Å². The molecule has 6 rings (SSSR count). The molecule has 0 saturated carbocycles. The van der Waals surface area contributed by atoms with Gasteiger partial charge in [-0.15, -0.1) is 10.2 Å². The molecule has 3 heterocycles. The molecule has 3 aromatic heterocycles.